The van der Waals surface area contributed by atoms with Crippen molar-refractivity contribution in [1.29, 1.82) is 0 Å². The average Bonchev–Trinajstić information content (AvgIpc) is 3.16. The lowest BCUT2D eigenvalue weighted by Crippen LogP contribution is -2.52. The molecule has 1 aliphatic heterocycles. The number of hydrogen-bond donors (Lipinski definition) is 1. The second-order valence-corrected chi connectivity index (χ2v) is 8.58. The first-order chi connectivity index (χ1) is 12.1. The maximum absolute atomic E-state index is 11.9. The van der Waals surface area contributed by atoms with Crippen molar-refractivity contribution in [2.24, 2.45) is 28.9 Å². The van der Waals surface area contributed by atoms with Crippen LogP contribution in [0.25, 0.3) is 0 Å². The molecule has 5 aliphatic rings. The van der Waals surface area contributed by atoms with E-state index in [2.05, 4.69) is 31.2 Å². The summed E-state index contributed by atoms with van der Waals surface area (Å²) in [6, 6.07) is 0. The van der Waals surface area contributed by atoms with Crippen LogP contribution in [0.3, 0.4) is 0 Å². The highest BCUT2D eigenvalue weighted by molar-refractivity contribution is 5.85. The van der Waals surface area contributed by atoms with Crippen LogP contribution < -0.4 is 5.73 Å². The lowest BCUT2D eigenvalue weighted by Gasteiger charge is -2.53. The SMILES string of the molecule is CC[C@]12CCC3C4=C(C=CC3C1CC[C@@]21C=CC(=O)O1)C=C(N)CC4. The molecule has 0 aromatic heterocycles. The summed E-state index contributed by atoms with van der Waals surface area (Å²) < 4.78 is 5.96. The van der Waals surface area contributed by atoms with E-state index in [4.69, 9.17) is 10.5 Å². The minimum atomic E-state index is -0.339. The van der Waals surface area contributed by atoms with E-state index in [-0.39, 0.29) is 17.0 Å². The standard InChI is InChI=1S/C22H27NO2/c1-2-21-10-7-17-16-6-4-15(23)13-14(16)3-5-18(17)19(21)8-11-22(21)12-9-20(24)25-22/h3,5,9,12-13,17-19H,2,4,6-8,10-11,23H2,1H3/t17?,18?,19?,21-,22+/m0/s1. The summed E-state index contributed by atoms with van der Waals surface area (Å²) in [5.74, 6) is 1.71. The summed E-state index contributed by atoms with van der Waals surface area (Å²) in [5.41, 5.74) is 9.86. The van der Waals surface area contributed by atoms with E-state index in [0.717, 1.165) is 44.2 Å². The molecule has 4 aliphatic carbocycles. The Bertz CT molecular complexity index is 758. The molecule has 0 amide bonds. The quantitative estimate of drug-likeness (QED) is 0.731. The van der Waals surface area contributed by atoms with Gasteiger partial charge in [-0.25, -0.2) is 4.79 Å². The molecule has 5 atom stereocenters. The second kappa shape index (κ2) is 5.12. The average molecular weight is 337 g/mol. The molecule has 1 heterocycles. The Kier molecular flexibility index (Phi) is 3.17. The molecular weight excluding hydrogens is 310 g/mol. The lowest BCUT2D eigenvalue weighted by atomic mass is 9.52. The molecule has 0 aromatic rings. The van der Waals surface area contributed by atoms with Crippen LogP contribution in [0.2, 0.25) is 0 Å². The van der Waals surface area contributed by atoms with Crippen molar-refractivity contribution in [2.75, 3.05) is 0 Å². The van der Waals surface area contributed by atoms with Gasteiger partial charge in [0.1, 0.15) is 5.60 Å². The van der Waals surface area contributed by atoms with Gasteiger partial charge in [-0.1, -0.05) is 24.6 Å². The molecule has 0 saturated heterocycles. The zero-order chi connectivity index (χ0) is 17.2. The van der Waals surface area contributed by atoms with Gasteiger partial charge in [0.15, 0.2) is 0 Å². The molecule has 3 heteroatoms. The minimum absolute atomic E-state index is 0.114. The third-order valence-electron chi connectivity index (χ3n) is 7.95. The Labute approximate surface area is 149 Å². The number of carbonyl (C=O) groups excluding carboxylic acids is 1. The highest BCUT2D eigenvalue weighted by Crippen LogP contribution is 2.66. The highest BCUT2D eigenvalue weighted by atomic mass is 16.6. The summed E-state index contributed by atoms with van der Waals surface area (Å²) in [5, 5.41) is 0. The van der Waals surface area contributed by atoms with Gasteiger partial charge in [-0.05, 0) is 80.4 Å². The van der Waals surface area contributed by atoms with Gasteiger partial charge in [0.25, 0.3) is 0 Å². The molecule has 25 heavy (non-hydrogen) atoms. The second-order valence-electron chi connectivity index (χ2n) is 8.58. The van der Waals surface area contributed by atoms with E-state index in [9.17, 15) is 4.79 Å². The van der Waals surface area contributed by atoms with Crippen molar-refractivity contribution in [3.05, 3.63) is 47.2 Å². The van der Waals surface area contributed by atoms with Gasteiger partial charge in [0.05, 0.1) is 0 Å². The molecular formula is C22H27NO2. The number of rotatable bonds is 1. The molecule has 0 radical (unpaired) electrons. The van der Waals surface area contributed by atoms with Gasteiger partial charge in [-0.15, -0.1) is 0 Å². The van der Waals surface area contributed by atoms with Crippen LogP contribution in [0.1, 0.15) is 51.9 Å². The number of carbonyl (C=O) groups is 1. The van der Waals surface area contributed by atoms with Gasteiger partial charge >= 0.3 is 5.97 Å². The first-order valence-electron chi connectivity index (χ1n) is 9.88. The maximum atomic E-state index is 11.9. The van der Waals surface area contributed by atoms with Gasteiger partial charge < -0.3 is 10.5 Å². The number of hydrogen-bond acceptors (Lipinski definition) is 3. The van der Waals surface area contributed by atoms with Gasteiger partial charge in [-0.2, -0.15) is 0 Å². The third-order valence-corrected chi connectivity index (χ3v) is 7.95. The summed E-state index contributed by atoms with van der Waals surface area (Å²) in [7, 11) is 0. The molecule has 132 valence electrons. The van der Waals surface area contributed by atoms with Crippen LogP contribution in [0, 0.1) is 23.2 Å². The number of esters is 1. The fourth-order valence-electron chi connectivity index (χ4n) is 6.88. The summed E-state index contributed by atoms with van der Waals surface area (Å²) in [6.45, 7) is 2.29. The largest absolute Gasteiger partial charge is 0.451 e. The first-order valence-corrected chi connectivity index (χ1v) is 9.88. The molecule has 5 rings (SSSR count). The van der Waals surface area contributed by atoms with E-state index < -0.39 is 0 Å². The monoisotopic (exact) mass is 337 g/mol. The fourth-order valence-corrected chi connectivity index (χ4v) is 6.88. The van der Waals surface area contributed by atoms with E-state index in [1.165, 1.54) is 12.0 Å². The van der Waals surface area contributed by atoms with Crippen LogP contribution in [0.4, 0.5) is 0 Å². The van der Waals surface area contributed by atoms with E-state index in [0.29, 0.717) is 17.8 Å². The van der Waals surface area contributed by atoms with Gasteiger partial charge in [-0.3, -0.25) is 0 Å². The molecule has 0 aromatic carbocycles. The lowest BCUT2D eigenvalue weighted by molar-refractivity contribution is -0.161. The zero-order valence-electron chi connectivity index (χ0n) is 15.0. The van der Waals surface area contributed by atoms with E-state index in [1.807, 2.05) is 0 Å². The molecule has 2 saturated carbocycles. The van der Waals surface area contributed by atoms with Crippen LogP contribution in [-0.2, 0) is 9.53 Å². The molecule has 2 N–H and O–H groups in total. The molecule has 2 fully saturated rings. The maximum Gasteiger partial charge on any atom is 0.331 e. The Morgan fingerprint density at radius 2 is 2.12 bits per heavy atom. The Hall–Kier alpha value is -1.77. The third kappa shape index (κ3) is 1.90. The minimum Gasteiger partial charge on any atom is -0.451 e. The van der Waals surface area contributed by atoms with Crippen LogP contribution in [0.5, 0.6) is 0 Å². The van der Waals surface area contributed by atoms with E-state index in [1.54, 1.807) is 11.6 Å². The van der Waals surface area contributed by atoms with Crippen LogP contribution >= 0.6 is 0 Å². The topological polar surface area (TPSA) is 52.3 Å². The first kappa shape index (κ1) is 15.5. The van der Waals surface area contributed by atoms with Crippen LogP contribution in [-0.4, -0.2) is 11.6 Å². The van der Waals surface area contributed by atoms with Crippen molar-refractivity contribution >= 4 is 5.97 Å². The number of ether oxygens (including phenoxy) is 1. The number of fused-ring (bicyclic) bond motifs is 5. The van der Waals surface area contributed by atoms with E-state index >= 15 is 0 Å². The Morgan fingerprint density at radius 1 is 1.24 bits per heavy atom. The van der Waals surface area contributed by atoms with Crippen molar-refractivity contribution in [1.82, 2.24) is 0 Å². The molecule has 1 spiro atoms. The molecule has 3 nitrogen and oxygen atoms in total. The predicted octanol–water partition coefficient (Wildman–Crippen LogP) is 4.17. The predicted molar refractivity (Wildman–Crippen MR) is 97.3 cm³/mol. The van der Waals surface area contributed by atoms with Gasteiger partial charge in [0, 0.05) is 17.2 Å². The molecule has 0 bridgehead atoms. The zero-order valence-corrected chi connectivity index (χ0v) is 15.0. The summed E-state index contributed by atoms with van der Waals surface area (Å²) >= 11 is 0. The van der Waals surface area contributed by atoms with Crippen molar-refractivity contribution in [2.45, 2.75) is 57.5 Å². The summed E-state index contributed by atoms with van der Waals surface area (Å²) in [4.78, 5) is 11.9. The number of nitrogens with two attached hydrogens (primary N) is 1. The summed E-state index contributed by atoms with van der Waals surface area (Å²) in [6.07, 6.45) is 18.5. The van der Waals surface area contributed by atoms with Gasteiger partial charge in [0.2, 0.25) is 0 Å². The molecule has 3 unspecified atom stereocenters. The number of allylic oxidation sites excluding steroid dienone is 6. The Balaban J connectivity index is 1.53. The normalized spacial score (nSPS) is 44.4. The Morgan fingerprint density at radius 3 is 2.88 bits per heavy atom. The highest BCUT2D eigenvalue weighted by Gasteiger charge is 2.65. The fraction of sp³-hybridized carbons (Fsp3) is 0.591. The smallest absolute Gasteiger partial charge is 0.331 e. The van der Waals surface area contributed by atoms with Crippen LogP contribution in [0.15, 0.2) is 47.2 Å². The van der Waals surface area contributed by atoms with Crippen molar-refractivity contribution in [3.8, 4) is 0 Å². The van der Waals surface area contributed by atoms with Crippen molar-refractivity contribution in [3.63, 3.8) is 0 Å². The van der Waals surface area contributed by atoms with Crippen molar-refractivity contribution < 1.29 is 9.53 Å².